The number of halogens is 1. The van der Waals surface area contributed by atoms with Crippen LogP contribution in [-0.4, -0.2) is 51.5 Å². The molecule has 1 aliphatic carbocycles. The normalized spacial score (nSPS) is 24.2. The first kappa shape index (κ1) is 22.7. The Morgan fingerprint density at radius 2 is 1.76 bits per heavy atom. The minimum atomic E-state index is -0.607. The molecule has 3 aliphatic rings. The summed E-state index contributed by atoms with van der Waals surface area (Å²) in [7, 11) is 0. The second-order valence-electron chi connectivity index (χ2n) is 9.24. The molecule has 4 amide bonds. The molecule has 9 heteroatoms. The van der Waals surface area contributed by atoms with Crippen LogP contribution < -0.4 is 10.7 Å². The molecule has 0 spiro atoms. The lowest BCUT2D eigenvalue weighted by atomic mass is 9.81. The van der Waals surface area contributed by atoms with E-state index in [4.69, 9.17) is 11.6 Å². The van der Waals surface area contributed by atoms with Gasteiger partial charge in [0.15, 0.2) is 6.29 Å². The number of urea groups is 1. The highest BCUT2D eigenvalue weighted by Gasteiger charge is 2.54. The third-order valence-corrected chi connectivity index (χ3v) is 7.12. The van der Waals surface area contributed by atoms with E-state index in [0.29, 0.717) is 17.3 Å². The van der Waals surface area contributed by atoms with Crippen molar-refractivity contribution in [3.63, 3.8) is 0 Å². The van der Waals surface area contributed by atoms with E-state index in [1.807, 2.05) is 31.2 Å². The molecule has 178 valence electrons. The van der Waals surface area contributed by atoms with Crippen molar-refractivity contribution < 1.29 is 14.4 Å². The van der Waals surface area contributed by atoms with Crippen LogP contribution in [0.1, 0.15) is 36.8 Å². The Bertz CT molecular complexity index is 1090. The summed E-state index contributed by atoms with van der Waals surface area (Å²) in [6.45, 7) is 2.25. The van der Waals surface area contributed by atoms with Gasteiger partial charge in [-0.25, -0.2) is 9.80 Å². The van der Waals surface area contributed by atoms with Gasteiger partial charge in [0.25, 0.3) is 0 Å². The van der Waals surface area contributed by atoms with Crippen molar-refractivity contribution >= 4 is 35.1 Å². The number of benzene rings is 2. The van der Waals surface area contributed by atoms with Crippen molar-refractivity contribution in [2.24, 2.45) is 5.92 Å². The maximum atomic E-state index is 13.5. The number of aryl methyl sites for hydroxylation is 1. The standard InChI is InChI=1S/C25H28ClN5O3/c1-16-6-8-17(9-7-16)14-29-23(33)20-4-2-3-5-21(20)31-24(29)28-30(25(31)34)15-22(32)27-19-12-10-18(26)11-13-19/h6-13,20-21,24,28H,2-5,14-15H2,1H3,(H,27,32). The number of nitrogens with zero attached hydrogens (tertiary/aromatic N) is 3. The summed E-state index contributed by atoms with van der Waals surface area (Å²) < 4.78 is 0. The summed E-state index contributed by atoms with van der Waals surface area (Å²) in [5.74, 6) is -0.469. The predicted molar refractivity (Wildman–Crippen MR) is 128 cm³/mol. The minimum Gasteiger partial charge on any atom is -0.324 e. The van der Waals surface area contributed by atoms with E-state index in [-0.39, 0.29) is 36.3 Å². The monoisotopic (exact) mass is 481 g/mol. The van der Waals surface area contributed by atoms with Crippen LogP contribution in [0.2, 0.25) is 5.02 Å². The summed E-state index contributed by atoms with van der Waals surface area (Å²) in [4.78, 5) is 43.1. The van der Waals surface area contributed by atoms with Crippen LogP contribution in [0.3, 0.4) is 0 Å². The molecule has 2 aliphatic heterocycles. The fourth-order valence-electron chi connectivity index (χ4n) is 5.15. The van der Waals surface area contributed by atoms with Crippen molar-refractivity contribution in [2.75, 3.05) is 11.9 Å². The molecule has 3 atom stereocenters. The van der Waals surface area contributed by atoms with Crippen molar-refractivity contribution in [3.05, 3.63) is 64.7 Å². The first-order chi connectivity index (χ1) is 16.4. The van der Waals surface area contributed by atoms with E-state index in [1.165, 1.54) is 5.01 Å². The maximum Gasteiger partial charge on any atom is 0.337 e. The Hall–Kier alpha value is -3.10. The number of carbonyl (C=O) groups excluding carboxylic acids is 3. The average molecular weight is 482 g/mol. The van der Waals surface area contributed by atoms with Gasteiger partial charge in [-0.3, -0.25) is 14.5 Å². The fraction of sp³-hybridized carbons (Fsp3) is 0.400. The summed E-state index contributed by atoms with van der Waals surface area (Å²) in [5, 5.41) is 4.69. The third kappa shape index (κ3) is 4.35. The van der Waals surface area contributed by atoms with Crippen LogP contribution in [0.15, 0.2) is 48.5 Å². The average Bonchev–Trinajstić information content (AvgIpc) is 3.15. The van der Waals surface area contributed by atoms with Crippen LogP contribution >= 0.6 is 11.6 Å². The van der Waals surface area contributed by atoms with Gasteiger partial charge in [-0.1, -0.05) is 54.3 Å². The summed E-state index contributed by atoms with van der Waals surface area (Å²) in [5.41, 5.74) is 5.90. The second kappa shape index (κ2) is 9.27. The third-order valence-electron chi connectivity index (χ3n) is 6.87. The largest absolute Gasteiger partial charge is 0.337 e. The molecule has 1 saturated carbocycles. The molecule has 2 aromatic carbocycles. The molecule has 2 saturated heterocycles. The van der Waals surface area contributed by atoms with Gasteiger partial charge in [0, 0.05) is 23.3 Å². The molecule has 0 radical (unpaired) electrons. The van der Waals surface area contributed by atoms with Crippen LogP contribution in [0.25, 0.3) is 0 Å². The highest BCUT2D eigenvalue weighted by molar-refractivity contribution is 6.30. The van der Waals surface area contributed by atoms with Gasteiger partial charge in [0.05, 0.1) is 5.92 Å². The molecule has 0 bridgehead atoms. The number of hydrogen-bond acceptors (Lipinski definition) is 4. The summed E-state index contributed by atoms with van der Waals surface area (Å²) in [6, 6.07) is 14.4. The highest BCUT2D eigenvalue weighted by atomic mass is 35.5. The zero-order chi connectivity index (χ0) is 23.8. The number of hydrogen-bond donors (Lipinski definition) is 2. The molecule has 0 aromatic heterocycles. The minimum absolute atomic E-state index is 0.0688. The van der Waals surface area contributed by atoms with E-state index < -0.39 is 6.29 Å². The SMILES string of the molecule is Cc1ccc(CN2C(=O)C3CCCCC3N3C(=O)N(CC(=O)Nc4ccc(Cl)cc4)NC23)cc1. The Balaban J connectivity index is 1.36. The van der Waals surface area contributed by atoms with E-state index in [1.54, 1.807) is 34.1 Å². The number of hydrazine groups is 1. The quantitative estimate of drug-likeness (QED) is 0.681. The van der Waals surface area contributed by atoms with Crippen LogP contribution in [0.5, 0.6) is 0 Å². The maximum absolute atomic E-state index is 13.5. The number of nitrogens with one attached hydrogen (secondary N) is 2. The second-order valence-corrected chi connectivity index (χ2v) is 9.68. The molecular weight excluding hydrogens is 454 g/mol. The number of rotatable bonds is 5. The van der Waals surface area contributed by atoms with Gasteiger partial charge in [0.2, 0.25) is 11.8 Å². The zero-order valence-corrected chi connectivity index (χ0v) is 19.8. The number of fused-ring (bicyclic) bond motifs is 3. The number of anilines is 1. The molecule has 5 rings (SSSR count). The molecule has 8 nitrogen and oxygen atoms in total. The molecule has 34 heavy (non-hydrogen) atoms. The number of carbonyl (C=O) groups is 3. The smallest absolute Gasteiger partial charge is 0.324 e. The molecule has 3 fully saturated rings. The van der Waals surface area contributed by atoms with E-state index in [0.717, 1.165) is 36.8 Å². The van der Waals surface area contributed by atoms with Crippen molar-refractivity contribution in [3.8, 4) is 0 Å². The fourth-order valence-corrected chi connectivity index (χ4v) is 5.28. The first-order valence-electron chi connectivity index (χ1n) is 11.7. The van der Waals surface area contributed by atoms with E-state index >= 15 is 0 Å². The Morgan fingerprint density at radius 1 is 1.06 bits per heavy atom. The summed E-state index contributed by atoms with van der Waals surface area (Å²) in [6.07, 6.45) is 2.94. The Kier molecular flexibility index (Phi) is 6.18. The Labute approximate surface area is 203 Å². The zero-order valence-electron chi connectivity index (χ0n) is 19.0. The van der Waals surface area contributed by atoms with E-state index in [9.17, 15) is 14.4 Å². The lowest BCUT2D eigenvalue weighted by Gasteiger charge is -2.48. The van der Waals surface area contributed by atoms with Gasteiger partial charge in [-0.15, -0.1) is 0 Å². The van der Waals surface area contributed by atoms with Gasteiger partial charge in [-0.05, 0) is 49.6 Å². The molecule has 3 unspecified atom stereocenters. The predicted octanol–water partition coefficient (Wildman–Crippen LogP) is 3.71. The lowest BCUT2D eigenvalue weighted by molar-refractivity contribution is -0.157. The molecular formula is C25H28ClN5O3. The van der Waals surface area contributed by atoms with Crippen LogP contribution in [0, 0.1) is 12.8 Å². The molecule has 2 N–H and O–H groups in total. The topological polar surface area (TPSA) is 85.0 Å². The van der Waals surface area contributed by atoms with Crippen molar-refractivity contribution in [1.82, 2.24) is 20.2 Å². The lowest BCUT2D eigenvalue weighted by Crippen LogP contribution is -2.65. The molecule has 2 heterocycles. The highest BCUT2D eigenvalue weighted by Crippen LogP contribution is 2.38. The van der Waals surface area contributed by atoms with Gasteiger partial charge in [0.1, 0.15) is 6.54 Å². The van der Waals surface area contributed by atoms with Gasteiger partial charge in [-0.2, -0.15) is 5.43 Å². The van der Waals surface area contributed by atoms with Crippen LogP contribution in [-0.2, 0) is 16.1 Å². The van der Waals surface area contributed by atoms with Gasteiger partial charge >= 0.3 is 6.03 Å². The van der Waals surface area contributed by atoms with E-state index in [2.05, 4.69) is 10.7 Å². The Morgan fingerprint density at radius 3 is 2.50 bits per heavy atom. The van der Waals surface area contributed by atoms with Crippen LogP contribution in [0.4, 0.5) is 10.5 Å². The first-order valence-corrected chi connectivity index (χ1v) is 12.1. The number of amides is 4. The molecule has 2 aromatic rings. The van der Waals surface area contributed by atoms with Crippen molar-refractivity contribution in [2.45, 2.75) is 51.5 Å². The van der Waals surface area contributed by atoms with Gasteiger partial charge < -0.3 is 10.2 Å². The summed E-state index contributed by atoms with van der Waals surface area (Å²) >= 11 is 5.91. The van der Waals surface area contributed by atoms with Crippen molar-refractivity contribution in [1.29, 1.82) is 0 Å².